The van der Waals surface area contributed by atoms with Gasteiger partial charge in [0.25, 0.3) is 5.56 Å². The Kier molecular flexibility index (Phi) is 5.84. The zero-order valence-electron chi connectivity index (χ0n) is 17.6. The van der Waals surface area contributed by atoms with E-state index in [2.05, 4.69) is 9.97 Å². The van der Waals surface area contributed by atoms with E-state index in [1.807, 2.05) is 52.0 Å². The number of thioether (sulfide) groups is 1. The number of nitrogens with zero attached hydrogens (tertiary/aromatic N) is 4. The monoisotopic (exact) mass is 414 g/mol. The molecule has 0 unspecified atom stereocenters. The fraction of sp³-hybridized carbons (Fsp3) is 0.429. The highest BCUT2D eigenvalue weighted by Gasteiger charge is 2.23. The summed E-state index contributed by atoms with van der Waals surface area (Å²) in [6.07, 6.45) is 0. The summed E-state index contributed by atoms with van der Waals surface area (Å²) in [6, 6.07) is 7.87. The molecule has 0 saturated heterocycles. The molecular weight excluding hydrogens is 388 g/mol. The normalized spacial score (nSPS) is 11.8. The highest BCUT2D eigenvalue weighted by molar-refractivity contribution is 7.99. The molecule has 1 aromatic carbocycles. The van der Waals surface area contributed by atoms with E-state index >= 15 is 0 Å². The van der Waals surface area contributed by atoms with Crippen molar-refractivity contribution >= 4 is 22.8 Å². The van der Waals surface area contributed by atoms with Crippen LogP contribution in [0.3, 0.4) is 0 Å². The minimum absolute atomic E-state index is 0.321. The molecular formula is C21H26N4O3S. The molecule has 0 aliphatic rings. The Hall–Kier alpha value is -2.61. The fourth-order valence-corrected chi connectivity index (χ4v) is 3.71. The number of fused-ring (bicyclic) bond motifs is 1. The first kappa shape index (κ1) is 21.1. The Labute approximate surface area is 173 Å². The van der Waals surface area contributed by atoms with E-state index in [0.29, 0.717) is 34.2 Å². The van der Waals surface area contributed by atoms with Crippen LogP contribution in [0.15, 0.2) is 38.9 Å². The highest BCUT2D eigenvalue weighted by atomic mass is 32.2. The smallest absolute Gasteiger partial charge is 0.332 e. The van der Waals surface area contributed by atoms with E-state index in [9.17, 15) is 9.59 Å². The first-order chi connectivity index (χ1) is 13.6. The summed E-state index contributed by atoms with van der Waals surface area (Å²) in [5, 5.41) is 0.937. The van der Waals surface area contributed by atoms with Gasteiger partial charge in [-0.05, 0) is 24.6 Å². The Balaban J connectivity index is 1.97. The largest absolute Gasteiger partial charge is 0.493 e. The summed E-state index contributed by atoms with van der Waals surface area (Å²) >= 11 is 1.44. The van der Waals surface area contributed by atoms with Crippen molar-refractivity contribution < 1.29 is 4.74 Å². The molecule has 0 aliphatic heterocycles. The van der Waals surface area contributed by atoms with Gasteiger partial charge in [0.1, 0.15) is 22.0 Å². The first-order valence-electron chi connectivity index (χ1n) is 9.40. The number of hydrogen-bond donors (Lipinski definition) is 0. The molecule has 0 aliphatic carbocycles. The molecule has 3 rings (SSSR count). The van der Waals surface area contributed by atoms with Crippen molar-refractivity contribution in [1.29, 1.82) is 0 Å². The van der Waals surface area contributed by atoms with Gasteiger partial charge in [-0.2, -0.15) is 0 Å². The standard InChI is InChI=1S/C21H26N4O3S/c1-13-8-7-9-14(12-13)28-10-11-29-17-15-16(22-19(23-17)21(2,3)4)24(5)20(27)25(6)18(15)26/h7-9,12H,10-11H2,1-6H3. The maximum atomic E-state index is 12.8. The molecule has 7 nitrogen and oxygen atoms in total. The van der Waals surface area contributed by atoms with Crippen LogP contribution in [-0.4, -0.2) is 31.5 Å². The molecule has 154 valence electrons. The van der Waals surface area contributed by atoms with Crippen molar-refractivity contribution in [3.8, 4) is 5.75 Å². The van der Waals surface area contributed by atoms with Gasteiger partial charge in [-0.15, -0.1) is 11.8 Å². The molecule has 3 aromatic rings. The lowest BCUT2D eigenvalue weighted by molar-refractivity contribution is 0.343. The predicted molar refractivity (Wildman–Crippen MR) is 116 cm³/mol. The van der Waals surface area contributed by atoms with Gasteiger partial charge in [0.15, 0.2) is 5.65 Å². The third-order valence-corrected chi connectivity index (χ3v) is 5.46. The van der Waals surface area contributed by atoms with Gasteiger partial charge >= 0.3 is 5.69 Å². The Morgan fingerprint density at radius 2 is 1.83 bits per heavy atom. The van der Waals surface area contributed by atoms with Crippen LogP contribution in [0.4, 0.5) is 0 Å². The summed E-state index contributed by atoms with van der Waals surface area (Å²) in [5.74, 6) is 2.01. The van der Waals surface area contributed by atoms with Crippen LogP contribution >= 0.6 is 11.8 Å². The Bertz CT molecular complexity index is 1180. The number of hydrogen-bond acceptors (Lipinski definition) is 6. The van der Waals surface area contributed by atoms with Crippen molar-refractivity contribution in [2.45, 2.75) is 38.1 Å². The van der Waals surface area contributed by atoms with Gasteiger partial charge in [-0.3, -0.25) is 13.9 Å². The van der Waals surface area contributed by atoms with Gasteiger partial charge in [0.05, 0.1) is 6.61 Å². The molecule has 8 heteroatoms. The average Bonchev–Trinajstić information content (AvgIpc) is 2.66. The minimum atomic E-state index is -0.403. The van der Waals surface area contributed by atoms with Gasteiger partial charge in [0.2, 0.25) is 0 Å². The van der Waals surface area contributed by atoms with Crippen LogP contribution in [-0.2, 0) is 19.5 Å². The van der Waals surface area contributed by atoms with Gasteiger partial charge < -0.3 is 4.74 Å². The number of rotatable bonds is 5. The molecule has 0 N–H and O–H groups in total. The molecule has 2 heterocycles. The zero-order valence-corrected chi connectivity index (χ0v) is 18.5. The van der Waals surface area contributed by atoms with E-state index in [1.54, 1.807) is 7.05 Å². The van der Waals surface area contributed by atoms with Crippen molar-refractivity contribution in [2.24, 2.45) is 14.1 Å². The maximum absolute atomic E-state index is 12.8. The molecule has 2 aromatic heterocycles. The number of benzene rings is 1. The first-order valence-corrected chi connectivity index (χ1v) is 10.4. The van der Waals surface area contributed by atoms with Crippen LogP contribution in [0.5, 0.6) is 5.75 Å². The lowest BCUT2D eigenvalue weighted by Gasteiger charge is -2.19. The van der Waals surface area contributed by atoms with E-state index < -0.39 is 5.69 Å². The quantitative estimate of drug-likeness (QED) is 0.363. The van der Waals surface area contributed by atoms with Gasteiger partial charge in [0, 0.05) is 25.3 Å². The fourth-order valence-electron chi connectivity index (χ4n) is 2.87. The summed E-state index contributed by atoms with van der Waals surface area (Å²) in [7, 11) is 3.09. The molecule has 0 saturated carbocycles. The lowest BCUT2D eigenvalue weighted by atomic mass is 9.96. The van der Waals surface area contributed by atoms with Crippen LogP contribution in [0.25, 0.3) is 11.0 Å². The van der Waals surface area contributed by atoms with Gasteiger partial charge in [-0.25, -0.2) is 14.8 Å². The summed E-state index contributed by atoms with van der Waals surface area (Å²) < 4.78 is 8.31. The van der Waals surface area contributed by atoms with E-state index in [1.165, 1.54) is 23.4 Å². The van der Waals surface area contributed by atoms with Crippen LogP contribution in [0.2, 0.25) is 0 Å². The van der Waals surface area contributed by atoms with Crippen molar-refractivity contribution in [3.05, 3.63) is 56.5 Å². The number of aromatic nitrogens is 4. The topological polar surface area (TPSA) is 79.0 Å². The van der Waals surface area contributed by atoms with Crippen LogP contribution in [0.1, 0.15) is 32.2 Å². The second-order valence-electron chi connectivity index (χ2n) is 8.02. The summed E-state index contributed by atoms with van der Waals surface area (Å²) in [5.41, 5.74) is 0.389. The van der Waals surface area contributed by atoms with Gasteiger partial charge in [-0.1, -0.05) is 32.9 Å². The number of ether oxygens (including phenoxy) is 1. The van der Waals surface area contributed by atoms with E-state index in [0.717, 1.165) is 15.9 Å². The molecule has 0 amide bonds. The summed E-state index contributed by atoms with van der Waals surface area (Å²) in [4.78, 5) is 34.4. The number of aryl methyl sites for hydroxylation is 2. The van der Waals surface area contributed by atoms with Crippen LogP contribution in [0, 0.1) is 6.92 Å². The molecule has 0 atom stereocenters. The van der Waals surface area contributed by atoms with E-state index in [-0.39, 0.29) is 11.0 Å². The van der Waals surface area contributed by atoms with Crippen molar-refractivity contribution in [2.75, 3.05) is 12.4 Å². The van der Waals surface area contributed by atoms with Crippen molar-refractivity contribution in [3.63, 3.8) is 0 Å². The zero-order chi connectivity index (χ0) is 21.3. The highest BCUT2D eigenvalue weighted by Crippen LogP contribution is 2.27. The second-order valence-corrected chi connectivity index (χ2v) is 9.10. The average molecular weight is 415 g/mol. The minimum Gasteiger partial charge on any atom is -0.493 e. The third kappa shape index (κ3) is 4.37. The maximum Gasteiger partial charge on any atom is 0.332 e. The molecule has 0 bridgehead atoms. The predicted octanol–water partition coefficient (Wildman–Crippen LogP) is 2.80. The van der Waals surface area contributed by atoms with Crippen molar-refractivity contribution in [1.82, 2.24) is 19.1 Å². The molecule has 29 heavy (non-hydrogen) atoms. The second kappa shape index (κ2) is 8.02. The summed E-state index contributed by atoms with van der Waals surface area (Å²) in [6.45, 7) is 8.49. The van der Waals surface area contributed by atoms with E-state index in [4.69, 9.17) is 4.74 Å². The third-order valence-electron chi connectivity index (χ3n) is 4.52. The lowest BCUT2D eigenvalue weighted by Crippen LogP contribution is -2.38. The molecule has 0 radical (unpaired) electrons. The Morgan fingerprint density at radius 3 is 2.48 bits per heavy atom. The SMILES string of the molecule is Cc1cccc(OCCSc2nc(C(C)(C)C)nc3c2c(=O)n(C)c(=O)n3C)c1. The Morgan fingerprint density at radius 1 is 1.10 bits per heavy atom. The molecule has 0 fully saturated rings. The van der Waals surface area contributed by atoms with Crippen LogP contribution < -0.4 is 16.0 Å². The molecule has 0 spiro atoms.